The number of nitrogens with one attached hydrogen (secondary N) is 1. The highest BCUT2D eigenvalue weighted by molar-refractivity contribution is 7.99. The fraction of sp³-hybridized carbons (Fsp3) is 0.278. The van der Waals surface area contributed by atoms with Crippen LogP contribution in [0.1, 0.15) is 6.42 Å². The fourth-order valence-electron chi connectivity index (χ4n) is 2.37. The molecule has 2 heterocycles. The molecular weight excluding hydrogens is 384 g/mol. The van der Waals surface area contributed by atoms with Gasteiger partial charge in [-0.1, -0.05) is 11.8 Å². The van der Waals surface area contributed by atoms with Crippen LogP contribution in [0.25, 0.3) is 11.3 Å². The number of ether oxygens (including phenoxy) is 2. The predicted octanol–water partition coefficient (Wildman–Crippen LogP) is 3.68. The summed E-state index contributed by atoms with van der Waals surface area (Å²) in [7, 11) is 5.12. The largest absolute Gasteiger partial charge is 0.493 e. The molecule has 142 valence electrons. The van der Waals surface area contributed by atoms with Crippen molar-refractivity contribution in [1.82, 2.24) is 14.5 Å². The molecule has 0 radical (unpaired) electrons. The summed E-state index contributed by atoms with van der Waals surface area (Å²) in [5.41, 5.74) is 1.67. The van der Waals surface area contributed by atoms with Gasteiger partial charge in [0.05, 0.1) is 19.9 Å². The number of benzene rings is 1. The van der Waals surface area contributed by atoms with Gasteiger partial charge in [-0.15, -0.1) is 11.3 Å². The van der Waals surface area contributed by atoms with Gasteiger partial charge in [-0.05, 0) is 18.2 Å². The Balaban J connectivity index is 1.57. The van der Waals surface area contributed by atoms with Crippen molar-refractivity contribution in [3.8, 4) is 22.8 Å². The van der Waals surface area contributed by atoms with E-state index >= 15 is 0 Å². The Morgan fingerprint density at radius 1 is 1.30 bits per heavy atom. The molecule has 0 saturated heterocycles. The average Bonchev–Trinajstić information content (AvgIpc) is 3.30. The first-order chi connectivity index (χ1) is 13.1. The van der Waals surface area contributed by atoms with Crippen molar-refractivity contribution in [2.24, 2.45) is 7.05 Å². The van der Waals surface area contributed by atoms with Crippen LogP contribution in [0.4, 0.5) is 5.13 Å². The summed E-state index contributed by atoms with van der Waals surface area (Å²) in [5, 5.41) is 6.22. The average molecular weight is 405 g/mol. The minimum absolute atomic E-state index is 0.0649. The number of methoxy groups -OCH3 is 2. The van der Waals surface area contributed by atoms with E-state index in [4.69, 9.17) is 9.47 Å². The predicted molar refractivity (Wildman–Crippen MR) is 108 cm³/mol. The molecule has 0 aliphatic rings. The van der Waals surface area contributed by atoms with Gasteiger partial charge in [0.25, 0.3) is 0 Å². The number of hydrogen-bond acceptors (Lipinski definition) is 7. The quantitative estimate of drug-likeness (QED) is 0.577. The number of carbonyl (C=O) groups is 1. The molecule has 7 nitrogen and oxygen atoms in total. The molecule has 0 saturated carbocycles. The first kappa shape index (κ1) is 19.2. The summed E-state index contributed by atoms with van der Waals surface area (Å²) in [6.07, 6.45) is 4.02. The van der Waals surface area contributed by atoms with E-state index < -0.39 is 0 Å². The zero-order valence-electron chi connectivity index (χ0n) is 15.3. The maximum atomic E-state index is 12.1. The van der Waals surface area contributed by atoms with Gasteiger partial charge in [0.1, 0.15) is 0 Å². The number of thioether (sulfide) groups is 1. The topological polar surface area (TPSA) is 78.3 Å². The molecule has 0 aliphatic heterocycles. The summed E-state index contributed by atoms with van der Waals surface area (Å²) >= 11 is 2.94. The van der Waals surface area contributed by atoms with Crippen LogP contribution in [-0.2, 0) is 11.8 Å². The second kappa shape index (κ2) is 8.92. The highest BCUT2D eigenvalue weighted by Gasteiger charge is 2.11. The third-order valence-corrected chi connectivity index (χ3v) is 5.58. The number of imidazole rings is 1. The van der Waals surface area contributed by atoms with E-state index in [2.05, 4.69) is 15.3 Å². The molecule has 2 aromatic heterocycles. The SMILES string of the molecule is COc1ccc(-c2csc(NC(=O)CCSc3nccn3C)n2)cc1OC. The molecule has 1 N–H and O–H groups in total. The van der Waals surface area contributed by atoms with Crippen LogP contribution in [-0.4, -0.2) is 40.4 Å². The van der Waals surface area contributed by atoms with E-state index in [1.165, 1.54) is 11.3 Å². The molecule has 1 aromatic carbocycles. The van der Waals surface area contributed by atoms with Crippen molar-refractivity contribution in [2.75, 3.05) is 25.3 Å². The highest BCUT2D eigenvalue weighted by atomic mass is 32.2. The molecule has 3 rings (SSSR count). The number of hydrogen-bond donors (Lipinski definition) is 1. The number of anilines is 1. The van der Waals surface area contributed by atoms with Crippen LogP contribution >= 0.6 is 23.1 Å². The Kier molecular flexibility index (Phi) is 6.36. The van der Waals surface area contributed by atoms with E-state index in [1.807, 2.05) is 41.4 Å². The number of nitrogens with zero attached hydrogens (tertiary/aromatic N) is 3. The lowest BCUT2D eigenvalue weighted by Gasteiger charge is -2.08. The van der Waals surface area contributed by atoms with Crippen LogP contribution in [0.15, 0.2) is 41.1 Å². The van der Waals surface area contributed by atoms with E-state index in [0.717, 1.165) is 16.4 Å². The summed E-state index contributed by atoms with van der Waals surface area (Å²) in [6.45, 7) is 0. The van der Waals surface area contributed by atoms with E-state index in [1.54, 1.807) is 32.2 Å². The zero-order chi connectivity index (χ0) is 19.2. The second-order valence-electron chi connectivity index (χ2n) is 5.58. The summed E-state index contributed by atoms with van der Waals surface area (Å²) in [6, 6.07) is 5.61. The lowest BCUT2D eigenvalue weighted by atomic mass is 10.1. The van der Waals surface area contributed by atoms with Crippen LogP contribution in [0.2, 0.25) is 0 Å². The zero-order valence-corrected chi connectivity index (χ0v) is 16.9. The van der Waals surface area contributed by atoms with Crippen LogP contribution in [0, 0.1) is 0 Å². The summed E-state index contributed by atoms with van der Waals surface area (Å²) in [4.78, 5) is 20.8. The molecule has 0 atom stereocenters. The van der Waals surface area contributed by atoms with Gasteiger partial charge in [0.2, 0.25) is 5.91 Å². The number of thiazole rings is 1. The molecule has 0 spiro atoms. The molecule has 3 aromatic rings. The van der Waals surface area contributed by atoms with Crippen molar-refractivity contribution in [2.45, 2.75) is 11.6 Å². The van der Waals surface area contributed by atoms with Gasteiger partial charge in [-0.2, -0.15) is 0 Å². The Labute approximate surface area is 165 Å². The third-order valence-electron chi connectivity index (χ3n) is 3.77. The number of rotatable bonds is 8. The Bertz CT molecular complexity index is 923. The van der Waals surface area contributed by atoms with Gasteiger partial charge < -0.3 is 19.4 Å². The maximum Gasteiger partial charge on any atom is 0.226 e. The number of aryl methyl sites for hydroxylation is 1. The molecule has 0 aliphatic carbocycles. The lowest BCUT2D eigenvalue weighted by molar-refractivity contribution is -0.115. The van der Waals surface area contributed by atoms with Gasteiger partial charge in [0, 0.05) is 42.6 Å². The molecule has 9 heteroatoms. The van der Waals surface area contributed by atoms with Gasteiger partial charge >= 0.3 is 0 Å². The Hall–Kier alpha value is -2.52. The normalized spacial score (nSPS) is 10.6. The van der Waals surface area contributed by atoms with Gasteiger partial charge in [-0.25, -0.2) is 9.97 Å². The van der Waals surface area contributed by atoms with Gasteiger partial charge in [-0.3, -0.25) is 4.79 Å². The van der Waals surface area contributed by atoms with Crippen LogP contribution < -0.4 is 14.8 Å². The van der Waals surface area contributed by atoms with E-state index in [9.17, 15) is 4.79 Å². The third kappa shape index (κ3) is 4.81. The smallest absolute Gasteiger partial charge is 0.226 e. The molecule has 27 heavy (non-hydrogen) atoms. The van der Waals surface area contributed by atoms with Crippen molar-refractivity contribution in [3.63, 3.8) is 0 Å². The first-order valence-corrected chi connectivity index (χ1v) is 10.0. The fourth-order valence-corrected chi connectivity index (χ4v) is 3.97. The van der Waals surface area contributed by atoms with Crippen molar-refractivity contribution in [3.05, 3.63) is 36.0 Å². The minimum Gasteiger partial charge on any atom is -0.493 e. The summed E-state index contributed by atoms with van der Waals surface area (Å²) in [5.74, 6) is 1.89. The lowest BCUT2D eigenvalue weighted by Crippen LogP contribution is -2.12. The molecule has 0 bridgehead atoms. The molecule has 0 unspecified atom stereocenters. The highest BCUT2D eigenvalue weighted by Crippen LogP contribution is 2.33. The minimum atomic E-state index is -0.0649. The van der Waals surface area contributed by atoms with Crippen molar-refractivity contribution >= 4 is 34.1 Å². The maximum absolute atomic E-state index is 12.1. The monoisotopic (exact) mass is 404 g/mol. The Morgan fingerprint density at radius 2 is 2.11 bits per heavy atom. The van der Waals surface area contributed by atoms with Crippen molar-refractivity contribution in [1.29, 1.82) is 0 Å². The van der Waals surface area contributed by atoms with Gasteiger partial charge in [0.15, 0.2) is 21.8 Å². The molecule has 0 fully saturated rings. The van der Waals surface area contributed by atoms with E-state index in [-0.39, 0.29) is 5.91 Å². The second-order valence-corrected chi connectivity index (χ2v) is 7.50. The summed E-state index contributed by atoms with van der Waals surface area (Å²) < 4.78 is 12.5. The molecule has 1 amide bonds. The van der Waals surface area contributed by atoms with Crippen LogP contribution in [0.5, 0.6) is 11.5 Å². The standard InChI is InChI=1S/C18H20N4O3S2/c1-22-8-7-19-18(22)26-9-6-16(23)21-17-20-13(11-27-17)12-4-5-14(24-2)15(10-12)25-3/h4-5,7-8,10-11H,6,9H2,1-3H3,(H,20,21,23). The van der Waals surface area contributed by atoms with Crippen molar-refractivity contribution < 1.29 is 14.3 Å². The molecular formula is C18H20N4O3S2. The number of amides is 1. The number of carbonyl (C=O) groups excluding carboxylic acids is 1. The van der Waals surface area contributed by atoms with E-state index in [0.29, 0.717) is 28.8 Å². The first-order valence-electron chi connectivity index (χ1n) is 8.18. The Morgan fingerprint density at radius 3 is 2.81 bits per heavy atom. The number of aromatic nitrogens is 3. The van der Waals surface area contributed by atoms with Crippen LogP contribution in [0.3, 0.4) is 0 Å².